The predicted molar refractivity (Wildman–Crippen MR) is 85.8 cm³/mol. The van der Waals surface area contributed by atoms with Crippen LogP contribution in [0, 0.1) is 5.82 Å². The minimum Gasteiger partial charge on any atom is -0.346 e. The molecule has 5 nitrogen and oxygen atoms in total. The van der Waals surface area contributed by atoms with Crippen molar-refractivity contribution in [3.8, 4) is 0 Å². The summed E-state index contributed by atoms with van der Waals surface area (Å²) >= 11 is 0. The molecule has 22 heavy (non-hydrogen) atoms. The van der Waals surface area contributed by atoms with Gasteiger partial charge in [0.25, 0.3) is 0 Å². The van der Waals surface area contributed by atoms with Crippen molar-refractivity contribution in [2.24, 2.45) is 0 Å². The van der Waals surface area contributed by atoms with Crippen LogP contribution in [0.3, 0.4) is 0 Å². The highest BCUT2D eigenvalue weighted by Crippen LogP contribution is 2.21. The lowest BCUT2D eigenvalue weighted by molar-refractivity contribution is -0.129. The van der Waals surface area contributed by atoms with Gasteiger partial charge >= 0.3 is 0 Å². The van der Waals surface area contributed by atoms with Crippen LogP contribution in [0.25, 0.3) is 0 Å². The van der Waals surface area contributed by atoms with Crippen molar-refractivity contribution in [1.82, 2.24) is 4.90 Å². The number of rotatable bonds is 8. The van der Waals surface area contributed by atoms with E-state index in [-0.39, 0.29) is 24.6 Å². The van der Waals surface area contributed by atoms with Gasteiger partial charge in [-0.15, -0.1) is 0 Å². The average Bonchev–Trinajstić information content (AvgIpc) is 2.45. The normalized spacial score (nSPS) is 11.3. The second-order valence-electron chi connectivity index (χ2n) is 5.21. The molecular formula is C15H23FN2O3S. The van der Waals surface area contributed by atoms with E-state index in [2.05, 4.69) is 0 Å². The molecule has 0 N–H and O–H groups in total. The lowest BCUT2D eigenvalue weighted by Crippen LogP contribution is -2.36. The third kappa shape index (κ3) is 5.29. The number of benzene rings is 1. The van der Waals surface area contributed by atoms with Crippen LogP contribution in [-0.4, -0.2) is 45.6 Å². The number of hydrogen-bond acceptors (Lipinski definition) is 3. The Labute approximate surface area is 131 Å². The molecule has 0 aliphatic heterocycles. The topological polar surface area (TPSA) is 57.7 Å². The molecule has 0 aliphatic carbocycles. The van der Waals surface area contributed by atoms with E-state index in [1.54, 1.807) is 18.0 Å². The lowest BCUT2D eigenvalue weighted by atomic mass is 10.2. The third-order valence-electron chi connectivity index (χ3n) is 3.32. The summed E-state index contributed by atoms with van der Waals surface area (Å²) in [5, 5.41) is 0. The minimum atomic E-state index is -3.66. The van der Waals surface area contributed by atoms with Crippen molar-refractivity contribution < 1.29 is 17.6 Å². The Bertz CT molecular complexity index is 605. The Morgan fingerprint density at radius 2 is 1.86 bits per heavy atom. The highest BCUT2D eigenvalue weighted by atomic mass is 32.2. The average molecular weight is 330 g/mol. The summed E-state index contributed by atoms with van der Waals surface area (Å²) in [5.74, 6) is -0.779. The molecule has 0 aliphatic rings. The number of carbonyl (C=O) groups excluding carboxylic acids is 1. The van der Waals surface area contributed by atoms with E-state index in [1.165, 1.54) is 18.2 Å². The quantitative estimate of drug-likeness (QED) is 0.734. The predicted octanol–water partition coefficient (Wildman–Crippen LogP) is 2.24. The van der Waals surface area contributed by atoms with Crippen LogP contribution in [0.5, 0.6) is 0 Å². The van der Waals surface area contributed by atoms with E-state index in [9.17, 15) is 17.6 Å². The number of anilines is 1. The summed E-state index contributed by atoms with van der Waals surface area (Å²) in [7, 11) is -1.97. The van der Waals surface area contributed by atoms with Gasteiger partial charge in [0.15, 0.2) is 0 Å². The molecular weight excluding hydrogens is 307 g/mol. The lowest BCUT2D eigenvalue weighted by Gasteiger charge is -2.24. The summed E-state index contributed by atoms with van der Waals surface area (Å²) in [6.45, 7) is 2.59. The maximum Gasteiger partial charge on any atom is 0.232 e. The zero-order valence-corrected chi connectivity index (χ0v) is 14.1. The first kappa shape index (κ1) is 18.4. The standard InChI is InChI=1S/C15H23FN2O3S/c1-4-5-11-17(2)15(19)10-12-18(22(3,20)21)14-9-7-6-8-13(14)16/h6-9H,4-5,10-12H2,1-3H3. The summed E-state index contributed by atoms with van der Waals surface area (Å²) in [6.07, 6.45) is 2.89. The van der Waals surface area contributed by atoms with E-state index in [4.69, 9.17) is 0 Å². The molecule has 0 bridgehead atoms. The molecule has 0 radical (unpaired) electrons. The number of hydrogen-bond donors (Lipinski definition) is 0. The van der Waals surface area contributed by atoms with Crippen LogP contribution in [0.1, 0.15) is 26.2 Å². The van der Waals surface area contributed by atoms with E-state index in [0.717, 1.165) is 23.4 Å². The Morgan fingerprint density at radius 3 is 2.41 bits per heavy atom. The molecule has 1 rings (SSSR count). The monoisotopic (exact) mass is 330 g/mol. The largest absolute Gasteiger partial charge is 0.346 e. The van der Waals surface area contributed by atoms with Gasteiger partial charge < -0.3 is 4.90 Å². The number of para-hydroxylation sites is 1. The van der Waals surface area contributed by atoms with Gasteiger partial charge in [-0.2, -0.15) is 0 Å². The van der Waals surface area contributed by atoms with Gasteiger partial charge in [-0.25, -0.2) is 12.8 Å². The van der Waals surface area contributed by atoms with Crippen molar-refractivity contribution in [2.75, 3.05) is 30.7 Å². The molecule has 0 spiro atoms. The molecule has 0 saturated heterocycles. The second-order valence-corrected chi connectivity index (χ2v) is 7.11. The molecule has 7 heteroatoms. The summed E-state index contributed by atoms with van der Waals surface area (Å²) in [6, 6.07) is 5.64. The molecule has 1 aromatic rings. The van der Waals surface area contributed by atoms with Crippen LogP contribution in [-0.2, 0) is 14.8 Å². The van der Waals surface area contributed by atoms with Crippen LogP contribution >= 0.6 is 0 Å². The fourth-order valence-electron chi connectivity index (χ4n) is 2.03. The number of halogens is 1. The first-order chi connectivity index (χ1) is 10.3. The number of carbonyl (C=O) groups is 1. The molecule has 0 saturated carbocycles. The van der Waals surface area contributed by atoms with Crippen LogP contribution in [0.15, 0.2) is 24.3 Å². The van der Waals surface area contributed by atoms with Crippen molar-refractivity contribution in [3.05, 3.63) is 30.1 Å². The Hall–Kier alpha value is -1.63. The molecule has 0 unspecified atom stereocenters. The third-order valence-corrected chi connectivity index (χ3v) is 4.50. The van der Waals surface area contributed by atoms with Gasteiger partial charge in [-0.05, 0) is 18.6 Å². The Morgan fingerprint density at radius 1 is 1.23 bits per heavy atom. The first-order valence-corrected chi connectivity index (χ1v) is 9.08. The maximum atomic E-state index is 13.8. The molecule has 0 aromatic heterocycles. The van der Waals surface area contributed by atoms with E-state index < -0.39 is 15.8 Å². The highest BCUT2D eigenvalue weighted by molar-refractivity contribution is 7.92. The molecule has 1 amide bonds. The van der Waals surface area contributed by atoms with Gasteiger partial charge in [-0.1, -0.05) is 25.5 Å². The van der Waals surface area contributed by atoms with Crippen molar-refractivity contribution in [3.63, 3.8) is 0 Å². The zero-order valence-electron chi connectivity index (χ0n) is 13.3. The number of amides is 1. The fourth-order valence-corrected chi connectivity index (χ4v) is 2.96. The smallest absolute Gasteiger partial charge is 0.232 e. The van der Waals surface area contributed by atoms with Crippen LogP contribution in [0.2, 0.25) is 0 Å². The minimum absolute atomic E-state index is 0.0155. The second kappa shape index (κ2) is 8.12. The molecule has 124 valence electrons. The van der Waals surface area contributed by atoms with Gasteiger partial charge in [0.1, 0.15) is 5.82 Å². The molecule has 0 heterocycles. The maximum absolute atomic E-state index is 13.8. The number of unbranched alkanes of at least 4 members (excludes halogenated alkanes) is 1. The van der Waals surface area contributed by atoms with Gasteiger partial charge in [0.2, 0.25) is 15.9 Å². The van der Waals surface area contributed by atoms with Crippen molar-refractivity contribution in [2.45, 2.75) is 26.2 Å². The Balaban J connectivity index is 2.81. The van der Waals surface area contributed by atoms with Crippen LogP contribution < -0.4 is 4.31 Å². The summed E-state index contributed by atoms with van der Waals surface area (Å²) < 4.78 is 38.5. The van der Waals surface area contributed by atoms with Gasteiger partial charge in [0.05, 0.1) is 11.9 Å². The summed E-state index contributed by atoms with van der Waals surface area (Å²) in [4.78, 5) is 13.6. The first-order valence-electron chi connectivity index (χ1n) is 7.23. The van der Waals surface area contributed by atoms with Crippen molar-refractivity contribution in [1.29, 1.82) is 0 Å². The van der Waals surface area contributed by atoms with Gasteiger partial charge in [0, 0.05) is 26.6 Å². The SMILES string of the molecule is CCCCN(C)C(=O)CCN(c1ccccc1F)S(C)(=O)=O. The highest BCUT2D eigenvalue weighted by Gasteiger charge is 2.22. The van der Waals surface area contributed by atoms with Gasteiger partial charge in [-0.3, -0.25) is 9.10 Å². The number of nitrogens with zero attached hydrogens (tertiary/aromatic N) is 2. The fraction of sp³-hybridized carbons (Fsp3) is 0.533. The van der Waals surface area contributed by atoms with Crippen LogP contribution in [0.4, 0.5) is 10.1 Å². The molecule has 1 aromatic carbocycles. The van der Waals surface area contributed by atoms with Crippen molar-refractivity contribution >= 4 is 21.6 Å². The molecule has 0 atom stereocenters. The summed E-state index contributed by atoms with van der Waals surface area (Å²) in [5.41, 5.74) is -0.0333. The van der Waals surface area contributed by atoms with E-state index in [1.807, 2.05) is 6.92 Å². The van der Waals surface area contributed by atoms with E-state index in [0.29, 0.717) is 6.54 Å². The number of sulfonamides is 1. The molecule has 0 fully saturated rings. The Kier molecular flexibility index (Phi) is 6.80. The zero-order chi connectivity index (χ0) is 16.8. The van der Waals surface area contributed by atoms with E-state index >= 15 is 0 Å².